The zero-order valence-electron chi connectivity index (χ0n) is 6.68. The first kappa shape index (κ1) is 9.18. The summed E-state index contributed by atoms with van der Waals surface area (Å²) in [6, 6.07) is 5.52. The van der Waals surface area contributed by atoms with Crippen LogP contribution in [0.3, 0.4) is 0 Å². The summed E-state index contributed by atoms with van der Waals surface area (Å²) < 4.78 is 12.5. The van der Waals surface area contributed by atoms with Gasteiger partial charge in [-0.25, -0.2) is 4.39 Å². The highest BCUT2D eigenvalue weighted by molar-refractivity contribution is 6.37. The molecule has 0 bridgehead atoms. The maximum absolute atomic E-state index is 12.5. The number of benzene rings is 1. The summed E-state index contributed by atoms with van der Waals surface area (Å²) in [6.45, 7) is 0. The fraction of sp³-hybridized carbons (Fsp3) is 0. The van der Waals surface area contributed by atoms with E-state index in [-0.39, 0.29) is 11.5 Å². The molecule has 1 aromatic carbocycles. The Morgan fingerprint density at radius 2 is 2.00 bits per heavy atom. The van der Waals surface area contributed by atoms with Gasteiger partial charge in [0.25, 0.3) is 0 Å². The monoisotopic (exact) mass is 181 g/mol. The lowest BCUT2D eigenvalue weighted by Gasteiger charge is -1.97. The summed E-state index contributed by atoms with van der Waals surface area (Å²) in [6.07, 6.45) is 1.08. The summed E-state index contributed by atoms with van der Waals surface area (Å²) in [5.41, 5.74) is 0.865. The van der Waals surface area contributed by atoms with E-state index in [4.69, 9.17) is 11.0 Å². The SMILES string of the molecule is N/N=C(/C=N/O)c1ccc(F)cc1. The molecule has 0 aliphatic rings. The van der Waals surface area contributed by atoms with Crippen molar-refractivity contribution in [3.63, 3.8) is 0 Å². The summed E-state index contributed by atoms with van der Waals surface area (Å²) >= 11 is 0. The van der Waals surface area contributed by atoms with Gasteiger partial charge in [-0.05, 0) is 24.3 Å². The predicted molar refractivity (Wildman–Crippen MR) is 47.4 cm³/mol. The lowest BCUT2D eigenvalue weighted by atomic mass is 10.1. The molecule has 4 nitrogen and oxygen atoms in total. The van der Waals surface area contributed by atoms with Gasteiger partial charge in [0.05, 0.1) is 6.21 Å². The maximum Gasteiger partial charge on any atom is 0.123 e. The quantitative estimate of drug-likeness (QED) is 0.308. The Morgan fingerprint density at radius 3 is 2.46 bits per heavy atom. The van der Waals surface area contributed by atoms with Crippen LogP contribution in [0.1, 0.15) is 5.56 Å². The number of rotatable bonds is 2. The van der Waals surface area contributed by atoms with Gasteiger partial charge in [-0.3, -0.25) is 0 Å². The maximum atomic E-state index is 12.5. The van der Waals surface area contributed by atoms with Gasteiger partial charge in [0.2, 0.25) is 0 Å². The molecular weight excluding hydrogens is 173 g/mol. The molecule has 0 aliphatic heterocycles. The number of hydrazone groups is 1. The molecule has 0 atom stereocenters. The Morgan fingerprint density at radius 1 is 1.38 bits per heavy atom. The molecule has 0 amide bonds. The van der Waals surface area contributed by atoms with Crippen LogP contribution in [0.4, 0.5) is 4.39 Å². The van der Waals surface area contributed by atoms with Crippen LogP contribution in [0.5, 0.6) is 0 Å². The average molecular weight is 181 g/mol. The highest BCUT2D eigenvalue weighted by Gasteiger charge is 1.99. The van der Waals surface area contributed by atoms with Crippen molar-refractivity contribution in [2.75, 3.05) is 0 Å². The van der Waals surface area contributed by atoms with E-state index in [9.17, 15) is 4.39 Å². The molecule has 3 N–H and O–H groups in total. The third-order valence-corrected chi connectivity index (χ3v) is 1.46. The van der Waals surface area contributed by atoms with Crippen LogP contribution in [0.15, 0.2) is 34.5 Å². The van der Waals surface area contributed by atoms with E-state index in [1.165, 1.54) is 24.3 Å². The van der Waals surface area contributed by atoms with Crippen molar-refractivity contribution in [2.24, 2.45) is 16.1 Å². The molecule has 0 unspecified atom stereocenters. The van der Waals surface area contributed by atoms with E-state index in [2.05, 4.69) is 10.3 Å². The molecule has 0 saturated carbocycles. The van der Waals surface area contributed by atoms with Crippen molar-refractivity contribution in [3.8, 4) is 0 Å². The second-order valence-corrected chi connectivity index (χ2v) is 2.27. The van der Waals surface area contributed by atoms with Crippen molar-refractivity contribution in [2.45, 2.75) is 0 Å². The molecule has 1 aromatic rings. The highest BCUT2D eigenvalue weighted by atomic mass is 19.1. The average Bonchev–Trinajstić information content (AvgIpc) is 2.16. The van der Waals surface area contributed by atoms with Crippen LogP contribution in [-0.2, 0) is 0 Å². The predicted octanol–water partition coefficient (Wildman–Crippen LogP) is 0.948. The van der Waals surface area contributed by atoms with Crippen LogP contribution < -0.4 is 5.84 Å². The number of halogens is 1. The second-order valence-electron chi connectivity index (χ2n) is 2.27. The Kier molecular flexibility index (Phi) is 2.97. The normalized spacial score (nSPS) is 12.2. The molecule has 0 heterocycles. The number of hydrogen-bond donors (Lipinski definition) is 2. The van der Waals surface area contributed by atoms with Crippen molar-refractivity contribution in [1.82, 2.24) is 0 Å². The number of oxime groups is 1. The first-order valence-electron chi connectivity index (χ1n) is 3.49. The minimum atomic E-state index is -0.346. The lowest BCUT2D eigenvalue weighted by Crippen LogP contribution is -2.05. The third-order valence-electron chi connectivity index (χ3n) is 1.46. The van der Waals surface area contributed by atoms with Crippen molar-refractivity contribution in [1.29, 1.82) is 0 Å². The Bertz CT molecular complexity index is 332. The third kappa shape index (κ3) is 2.26. The van der Waals surface area contributed by atoms with Gasteiger partial charge < -0.3 is 11.0 Å². The first-order chi connectivity index (χ1) is 6.27. The molecule has 0 radical (unpaired) electrons. The van der Waals surface area contributed by atoms with Gasteiger partial charge in [-0.15, -0.1) is 0 Å². The first-order valence-corrected chi connectivity index (χ1v) is 3.49. The molecular formula is C8H8FN3O. The Labute approximate surface area is 74.2 Å². The highest BCUT2D eigenvalue weighted by Crippen LogP contribution is 2.02. The number of hydrogen-bond acceptors (Lipinski definition) is 4. The largest absolute Gasteiger partial charge is 0.411 e. The van der Waals surface area contributed by atoms with Gasteiger partial charge in [0.1, 0.15) is 11.5 Å². The van der Waals surface area contributed by atoms with Crippen LogP contribution in [0.2, 0.25) is 0 Å². The summed E-state index contributed by atoms with van der Waals surface area (Å²) in [7, 11) is 0. The van der Waals surface area contributed by atoms with Gasteiger partial charge in [-0.2, -0.15) is 5.10 Å². The smallest absolute Gasteiger partial charge is 0.123 e. The van der Waals surface area contributed by atoms with E-state index < -0.39 is 0 Å². The fourth-order valence-electron chi connectivity index (χ4n) is 0.858. The molecule has 68 valence electrons. The van der Waals surface area contributed by atoms with Gasteiger partial charge in [0, 0.05) is 5.56 Å². The summed E-state index contributed by atoms with van der Waals surface area (Å²) in [4.78, 5) is 0. The summed E-state index contributed by atoms with van der Waals surface area (Å²) in [5, 5.41) is 14.4. The fourth-order valence-corrected chi connectivity index (χ4v) is 0.858. The van der Waals surface area contributed by atoms with Crippen LogP contribution in [0, 0.1) is 5.82 Å². The van der Waals surface area contributed by atoms with E-state index in [1.807, 2.05) is 0 Å². The number of nitrogens with two attached hydrogens (primary N) is 1. The van der Waals surface area contributed by atoms with Crippen molar-refractivity contribution < 1.29 is 9.60 Å². The van der Waals surface area contributed by atoms with Crippen LogP contribution in [0.25, 0.3) is 0 Å². The lowest BCUT2D eigenvalue weighted by molar-refractivity contribution is 0.322. The van der Waals surface area contributed by atoms with E-state index in [0.717, 1.165) is 6.21 Å². The van der Waals surface area contributed by atoms with E-state index >= 15 is 0 Å². The van der Waals surface area contributed by atoms with E-state index in [1.54, 1.807) is 0 Å². The van der Waals surface area contributed by atoms with Crippen LogP contribution in [-0.4, -0.2) is 17.1 Å². The van der Waals surface area contributed by atoms with Crippen molar-refractivity contribution >= 4 is 11.9 Å². The molecule has 13 heavy (non-hydrogen) atoms. The Balaban J connectivity index is 3.00. The molecule has 0 saturated heterocycles. The minimum absolute atomic E-state index is 0.280. The molecule has 0 aromatic heterocycles. The summed E-state index contributed by atoms with van der Waals surface area (Å²) in [5.74, 6) is 4.67. The van der Waals surface area contributed by atoms with Gasteiger partial charge >= 0.3 is 0 Å². The minimum Gasteiger partial charge on any atom is -0.411 e. The molecule has 5 heteroatoms. The molecule has 0 aliphatic carbocycles. The zero-order chi connectivity index (χ0) is 9.68. The zero-order valence-corrected chi connectivity index (χ0v) is 6.68. The number of nitrogens with zero attached hydrogens (tertiary/aromatic N) is 2. The van der Waals surface area contributed by atoms with Crippen LogP contribution >= 0.6 is 0 Å². The topological polar surface area (TPSA) is 71.0 Å². The van der Waals surface area contributed by atoms with Crippen molar-refractivity contribution in [3.05, 3.63) is 35.6 Å². The molecule has 0 spiro atoms. The standard InChI is InChI=1S/C8H8FN3O/c9-7-3-1-6(2-4-7)8(12-10)5-11-13/h1-5,13H,10H2/b11-5+,12-8-. The Hall–Kier alpha value is -1.91. The second kappa shape index (κ2) is 4.20. The van der Waals surface area contributed by atoms with E-state index in [0.29, 0.717) is 5.56 Å². The van der Waals surface area contributed by atoms with Gasteiger partial charge in [-0.1, -0.05) is 5.16 Å². The molecule has 0 fully saturated rings. The van der Waals surface area contributed by atoms with Gasteiger partial charge in [0.15, 0.2) is 0 Å². The molecule has 1 rings (SSSR count).